The molecule has 33 heavy (non-hydrogen) atoms. The molecular formula is C24H22Cl2N6O. The first kappa shape index (κ1) is 22.7. The van der Waals surface area contributed by atoms with Crippen LogP contribution in [0.3, 0.4) is 0 Å². The molecule has 4 rings (SSSR count). The number of amides is 1. The number of imidazole rings is 1. The monoisotopic (exact) mass is 480 g/mol. The highest BCUT2D eigenvalue weighted by atomic mass is 35.5. The summed E-state index contributed by atoms with van der Waals surface area (Å²) in [5.74, 6) is 5.75. The van der Waals surface area contributed by atoms with E-state index in [9.17, 15) is 4.79 Å². The van der Waals surface area contributed by atoms with Gasteiger partial charge in [0.15, 0.2) is 0 Å². The Bertz CT molecular complexity index is 1360. The van der Waals surface area contributed by atoms with E-state index in [2.05, 4.69) is 0 Å². The first-order chi connectivity index (χ1) is 15.8. The number of carbonyl (C=O) groups excluding carboxylic acids is 1. The van der Waals surface area contributed by atoms with Crippen LogP contribution in [0.2, 0.25) is 10.0 Å². The lowest BCUT2D eigenvalue weighted by atomic mass is 10.0. The summed E-state index contributed by atoms with van der Waals surface area (Å²) in [6.07, 6.45) is 3.53. The molecule has 0 aliphatic rings. The lowest BCUT2D eigenvalue weighted by molar-refractivity contribution is 0.1000. The summed E-state index contributed by atoms with van der Waals surface area (Å²) in [5, 5.41) is 2.39. The summed E-state index contributed by atoms with van der Waals surface area (Å²) < 4.78 is 1.90. The van der Waals surface area contributed by atoms with Gasteiger partial charge in [-0.05, 0) is 48.9 Å². The Kier molecular flexibility index (Phi) is 6.29. The predicted octanol–water partition coefficient (Wildman–Crippen LogP) is 4.60. The summed E-state index contributed by atoms with van der Waals surface area (Å²) >= 11 is 12.1. The number of fused-ring (bicyclic) bond motifs is 1. The molecule has 2 heterocycles. The second-order valence-electron chi connectivity index (χ2n) is 7.56. The van der Waals surface area contributed by atoms with Gasteiger partial charge in [-0.2, -0.15) is 0 Å². The number of hydrazine groups is 1. The fourth-order valence-corrected chi connectivity index (χ4v) is 3.91. The lowest BCUT2D eigenvalue weighted by Gasteiger charge is -2.24. The van der Waals surface area contributed by atoms with E-state index >= 15 is 0 Å². The zero-order chi connectivity index (χ0) is 23.7. The van der Waals surface area contributed by atoms with Crippen LogP contribution in [0.4, 0.5) is 0 Å². The third-order valence-electron chi connectivity index (χ3n) is 5.39. The zero-order valence-electron chi connectivity index (χ0n) is 17.7. The van der Waals surface area contributed by atoms with Crippen LogP contribution in [0.1, 0.15) is 34.6 Å². The van der Waals surface area contributed by atoms with Crippen molar-refractivity contribution in [3.8, 4) is 11.3 Å². The molecule has 2 aromatic heterocycles. The first-order valence-electron chi connectivity index (χ1n) is 10.1. The Morgan fingerprint density at radius 3 is 2.52 bits per heavy atom. The third kappa shape index (κ3) is 4.52. The minimum absolute atomic E-state index is 0.234. The van der Waals surface area contributed by atoms with Gasteiger partial charge >= 0.3 is 0 Å². The van der Waals surface area contributed by atoms with Crippen molar-refractivity contribution in [2.24, 2.45) is 17.3 Å². The van der Waals surface area contributed by atoms with Gasteiger partial charge in [0, 0.05) is 23.0 Å². The molecule has 1 amide bonds. The number of primary amides is 1. The van der Waals surface area contributed by atoms with Crippen LogP contribution in [-0.4, -0.2) is 20.3 Å². The number of hydrogen-bond acceptors (Lipinski definition) is 5. The average molecular weight is 481 g/mol. The highest BCUT2D eigenvalue weighted by molar-refractivity contribution is 6.33. The second-order valence-corrected chi connectivity index (χ2v) is 8.40. The zero-order valence-corrected chi connectivity index (χ0v) is 19.3. The lowest BCUT2D eigenvalue weighted by Crippen LogP contribution is -2.30. The Morgan fingerprint density at radius 1 is 1.09 bits per heavy atom. The number of benzene rings is 2. The number of nitrogens with two attached hydrogens (primary N) is 3. The molecule has 0 saturated carbocycles. The van der Waals surface area contributed by atoms with E-state index < -0.39 is 5.91 Å². The maximum Gasteiger partial charge on any atom is 0.250 e. The van der Waals surface area contributed by atoms with Crippen LogP contribution in [-0.2, 0) is 0 Å². The van der Waals surface area contributed by atoms with Gasteiger partial charge in [0.25, 0.3) is 0 Å². The summed E-state index contributed by atoms with van der Waals surface area (Å²) in [5.41, 5.74) is 16.4. The van der Waals surface area contributed by atoms with E-state index in [1.807, 2.05) is 47.9 Å². The fourth-order valence-electron chi connectivity index (χ4n) is 3.58. The molecule has 0 aliphatic carbocycles. The molecule has 6 N–H and O–H groups in total. The van der Waals surface area contributed by atoms with Gasteiger partial charge in [-0.25, -0.2) is 10.8 Å². The van der Waals surface area contributed by atoms with Crippen LogP contribution >= 0.6 is 23.2 Å². The first-order valence-corrected chi connectivity index (χ1v) is 10.8. The van der Waals surface area contributed by atoms with Crippen molar-refractivity contribution in [1.82, 2.24) is 14.4 Å². The van der Waals surface area contributed by atoms with Gasteiger partial charge in [-0.15, -0.1) is 0 Å². The quantitative estimate of drug-likeness (QED) is 0.275. The van der Waals surface area contributed by atoms with Gasteiger partial charge in [0.05, 0.1) is 33.7 Å². The molecule has 4 aromatic rings. The summed E-state index contributed by atoms with van der Waals surface area (Å²) in [7, 11) is 0. The fraction of sp³-hybridized carbons (Fsp3) is 0.0833. The van der Waals surface area contributed by atoms with E-state index in [0.29, 0.717) is 22.1 Å². The molecule has 7 nitrogen and oxygen atoms in total. The van der Waals surface area contributed by atoms with Crippen LogP contribution < -0.4 is 17.3 Å². The Hall–Kier alpha value is -3.52. The van der Waals surface area contributed by atoms with E-state index in [4.69, 9.17) is 45.5 Å². The highest BCUT2D eigenvalue weighted by Crippen LogP contribution is 2.30. The largest absolute Gasteiger partial charge is 0.396 e. The Morgan fingerprint density at radius 2 is 1.82 bits per heavy atom. The van der Waals surface area contributed by atoms with Crippen molar-refractivity contribution < 1.29 is 4.79 Å². The van der Waals surface area contributed by atoms with Crippen LogP contribution in [0, 0.1) is 0 Å². The normalized spacial score (nSPS) is 12.7. The van der Waals surface area contributed by atoms with Crippen LogP contribution in [0.5, 0.6) is 0 Å². The van der Waals surface area contributed by atoms with Crippen LogP contribution in [0.15, 0.2) is 73.1 Å². The molecule has 1 unspecified atom stereocenters. The summed E-state index contributed by atoms with van der Waals surface area (Å²) in [6.45, 7) is 1.88. The summed E-state index contributed by atoms with van der Waals surface area (Å²) in [6, 6.07) is 17.8. The number of carbonyl (C=O) groups is 1. The van der Waals surface area contributed by atoms with E-state index in [0.717, 1.165) is 16.8 Å². The molecular weight excluding hydrogens is 459 g/mol. The number of nitrogens with zero attached hydrogens (tertiary/aromatic N) is 3. The third-order valence-corrected chi connectivity index (χ3v) is 5.98. The van der Waals surface area contributed by atoms with Crippen molar-refractivity contribution in [2.75, 3.05) is 0 Å². The molecule has 0 saturated heterocycles. The van der Waals surface area contributed by atoms with Crippen molar-refractivity contribution in [3.63, 3.8) is 0 Å². The topological polar surface area (TPSA) is 116 Å². The van der Waals surface area contributed by atoms with Gasteiger partial charge < -0.3 is 16.5 Å². The maximum absolute atomic E-state index is 11.7. The molecule has 0 radical (unpaired) electrons. The van der Waals surface area contributed by atoms with Gasteiger partial charge in [-0.3, -0.25) is 9.20 Å². The molecule has 0 spiro atoms. The SMILES string of the molecule is CC(c1ccc(Cl)c(C(N)=O)c1)N(N)/C=C(\N)c1c(-c2ccc(Cl)cc2)nc2ccccn12. The van der Waals surface area contributed by atoms with Crippen LogP contribution in [0.25, 0.3) is 22.6 Å². The molecule has 2 aromatic carbocycles. The van der Waals surface area contributed by atoms with Gasteiger partial charge in [0.1, 0.15) is 5.65 Å². The van der Waals surface area contributed by atoms with E-state index in [-0.39, 0.29) is 16.6 Å². The smallest absolute Gasteiger partial charge is 0.250 e. The minimum atomic E-state index is -0.606. The number of rotatable bonds is 6. The van der Waals surface area contributed by atoms with Crippen molar-refractivity contribution in [2.45, 2.75) is 13.0 Å². The molecule has 0 fully saturated rings. The van der Waals surface area contributed by atoms with Gasteiger partial charge in [-0.1, -0.05) is 47.5 Å². The maximum atomic E-state index is 11.7. The number of halogens is 2. The van der Waals surface area contributed by atoms with E-state index in [1.54, 1.807) is 36.5 Å². The highest BCUT2D eigenvalue weighted by Gasteiger charge is 2.19. The number of pyridine rings is 1. The van der Waals surface area contributed by atoms with Crippen molar-refractivity contribution >= 4 is 40.5 Å². The van der Waals surface area contributed by atoms with Gasteiger partial charge in [0.2, 0.25) is 5.91 Å². The number of aromatic nitrogens is 2. The molecule has 1 atom stereocenters. The second kappa shape index (κ2) is 9.15. The minimum Gasteiger partial charge on any atom is -0.396 e. The van der Waals surface area contributed by atoms with Crippen molar-refractivity contribution in [3.05, 3.63) is 99.9 Å². The Labute approximate surface area is 201 Å². The molecule has 9 heteroatoms. The van der Waals surface area contributed by atoms with Crippen molar-refractivity contribution in [1.29, 1.82) is 0 Å². The summed E-state index contributed by atoms with van der Waals surface area (Å²) in [4.78, 5) is 16.4. The Balaban J connectivity index is 1.75. The average Bonchev–Trinajstić information content (AvgIpc) is 3.19. The molecule has 0 aliphatic heterocycles. The van der Waals surface area contributed by atoms with E-state index in [1.165, 1.54) is 5.01 Å². The standard InChI is InChI=1S/C24H22Cl2N6O/c1-14(16-7-10-19(26)18(12-16)24(28)33)32(29)13-20(27)23-22(15-5-8-17(25)9-6-15)30-21-4-2-3-11-31(21)23/h2-14H,27,29H2,1H3,(H2,28,33)/b20-13-. The molecule has 0 bridgehead atoms. The molecule has 168 valence electrons. The predicted molar refractivity (Wildman–Crippen MR) is 132 cm³/mol. The number of hydrogen-bond donors (Lipinski definition) is 3.